The van der Waals surface area contributed by atoms with E-state index >= 15 is 0 Å². The summed E-state index contributed by atoms with van der Waals surface area (Å²) in [6.07, 6.45) is 3.69. The molecule has 3 atom stereocenters. The fourth-order valence-corrected chi connectivity index (χ4v) is 3.30. The Kier molecular flexibility index (Phi) is 5.30. The van der Waals surface area contributed by atoms with Crippen LogP contribution in [0.4, 0.5) is 0 Å². The summed E-state index contributed by atoms with van der Waals surface area (Å²) in [7, 11) is 3.42. The standard InChI is InChI=1S/C17H27NO2/c1-5-8-18-17-7-6-16(12(17)2)13-9-14(19-3)11-15(10-13)20-4/h9-12,16-18H,5-8H2,1-4H3. The largest absolute Gasteiger partial charge is 0.497 e. The smallest absolute Gasteiger partial charge is 0.122 e. The topological polar surface area (TPSA) is 30.5 Å². The molecule has 20 heavy (non-hydrogen) atoms. The molecule has 0 radical (unpaired) electrons. The first-order valence-corrected chi connectivity index (χ1v) is 7.66. The van der Waals surface area contributed by atoms with Crippen LogP contribution < -0.4 is 14.8 Å². The quantitative estimate of drug-likeness (QED) is 0.862. The Morgan fingerprint density at radius 3 is 2.30 bits per heavy atom. The maximum Gasteiger partial charge on any atom is 0.122 e. The molecule has 1 saturated carbocycles. The van der Waals surface area contributed by atoms with Crippen LogP contribution in [0.2, 0.25) is 0 Å². The van der Waals surface area contributed by atoms with Crippen molar-refractivity contribution in [2.24, 2.45) is 5.92 Å². The third-order valence-corrected chi connectivity index (χ3v) is 4.52. The monoisotopic (exact) mass is 277 g/mol. The highest BCUT2D eigenvalue weighted by atomic mass is 16.5. The summed E-state index contributed by atoms with van der Waals surface area (Å²) in [4.78, 5) is 0. The van der Waals surface area contributed by atoms with Gasteiger partial charge in [-0.3, -0.25) is 0 Å². The zero-order valence-corrected chi connectivity index (χ0v) is 13.1. The lowest BCUT2D eigenvalue weighted by Gasteiger charge is -2.22. The molecule has 1 fully saturated rings. The molecule has 1 aliphatic carbocycles. The van der Waals surface area contributed by atoms with Crippen molar-refractivity contribution in [3.8, 4) is 11.5 Å². The van der Waals surface area contributed by atoms with Crippen LogP contribution in [0, 0.1) is 5.92 Å². The molecule has 2 rings (SSSR count). The number of methoxy groups -OCH3 is 2. The molecular formula is C17H27NO2. The van der Waals surface area contributed by atoms with E-state index < -0.39 is 0 Å². The minimum Gasteiger partial charge on any atom is -0.497 e. The summed E-state index contributed by atoms with van der Waals surface area (Å²) in [6.45, 7) is 5.69. The highest BCUT2D eigenvalue weighted by Gasteiger charge is 2.33. The molecule has 0 heterocycles. The summed E-state index contributed by atoms with van der Waals surface area (Å²) in [5, 5.41) is 3.68. The molecule has 3 nitrogen and oxygen atoms in total. The van der Waals surface area contributed by atoms with Crippen molar-refractivity contribution in [1.29, 1.82) is 0 Å². The first kappa shape index (κ1) is 15.2. The van der Waals surface area contributed by atoms with Crippen molar-refractivity contribution in [1.82, 2.24) is 5.32 Å². The van der Waals surface area contributed by atoms with Gasteiger partial charge < -0.3 is 14.8 Å². The van der Waals surface area contributed by atoms with Gasteiger partial charge in [0.1, 0.15) is 11.5 Å². The van der Waals surface area contributed by atoms with Gasteiger partial charge in [0.25, 0.3) is 0 Å². The van der Waals surface area contributed by atoms with Gasteiger partial charge in [0, 0.05) is 12.1 Å². The van der Waals surface area contributed by atoms with Crippen LogP contribution in [0.1, 0.15) is 44.6 Å². The van der Waals surface area contributed by atoms with Gasteiger partial charge in [-0.2, -0.15) is 0 Å². The summed E-state index contributed by atoms with van der Waals surface area (Å²) in [5.41, 5.74) is 1.34. The number of hydrogen-bond donors (Lipinski definition) is 1. The number of nitrogens with one attached hydrogen (secondary N) is 1. The lowest BCUT2D eigenvalue weighted by Crippen LogP contribution is -2.32. The molecule has 3 heteroatoms. The second kappa shape index (κ2) is 6.98. The zero-order chi connectivity index (χ0) is 14.5. The molecule has 1 aromatic rings. The van der Waals surface area contributed by atoms with E-state index in [9.17, 15) is 0 Å². The van der Waals surface area contributed by atoms with Crippen LogP contribution in [0.5, 0.6) is 11.5 Å². The van der Waals surface area contributed by atoms with Crippen molar-refractivity contribution in [3.05, 3.63) is 23.8 Å². The van der Waals surface area contributed by atoms with Crippen molar-refractivity contribution in [3.63, 3.8) is 0 Å². The second-order valence-electron chi connectivity index (χ2n) is 5.75. The average Bonchev–Trinajstić information content (AvgIpc) is 2.85. The molecular weight excluding hydrogens is 250 g/mol. The van der Waals surface area contributed by atoms with Crippen LogP contribution in [-0.4, -0.2) is 26.8 Å². The maximum atomic E-state index is 5.39. The lowest BCUT2D eigenvalue weighted by atomic mass is 9.88. The van der Waals surface area contributed by atoms with E-state index in [0.717, 1.165) is 18.0 Å². The van der Waals surface area contributed by atoms with Gasteiger partial charge in [-0.15, -0.1) is 0 Å². The predicted octanol–water partition coefficient (Wildman–Crippen LogP) is 3.59. The number of benzene rings is 1. The Balaban J connectivity index is 2.15. The van der Waals surface area contributed by atoms with Crippen molar-refractivity contribution in [2.45, 2.75) is 45.1 Å². The van der Waals surface area contributed by atoms with Gasteiger partial charge in [0.15, 0.2) is 0 Å². The highest BCUT2D eigenvalue weighted by Crippen LogP contribution is 2.41. The predicted molar refractivity (Wildman–Crippen MR) is 82.8 cm³/mol. The molecule has 0 saturated heterocycles. The highest BCUT2D eigenvalue weighted by molar-refractivity contribution is 5.40. The maximum absolute atomic E-state index is 5.39. The summed E-state index contributed by atoms with van der Waals surface area (Å²) < 4.78 is 10.8. The number of rotatable bonds is 6. The van der Waals surface area contributed by atoms with E-state index in [1.54, 1.807) is 14.2 Å². The molecule has 0 aromatic heterocycles. The summed E-state index contributed by atoms with van der Waals surface area (Å²) in [5.74, 6) is 3.01. The fourth-order valence-electron chi connectivity index (χ4n) is 3.30. The van der Waals surface area contributed by atoms with Gasteiger partial charge >= 0.3 is 0 Å². The van der Waals surface area contributed by atoms with Crippen LogP contribution in [0.25, 0.3) is 0 Å². The third kappa shape index (κ3) is 3.26. The van der Waals surface area contributed by atoms with Crippen LogP contribution in [0.3, 0.4) is 0 Å². The van der Waals surface area contributed by atoms with Gasteiger partial charge in [0.05, 0.1) is 14.2 Å². The van der Waals surface area contributed by atoms with E-state index in [-0.39, 0.29) is 0 Å². The van der Waals surface area contributed by atoms with E-state index in [4.69, 9.17) is 9.47 Å². The summed E-state index contributed by atoms with van der Waals surface area (Å²) in [6, 6.07) is 6.89. The zero-order valence-electron chi connectivity index (χ0n) is 13.1. The second-order valence-corrected chi connectivity index (χ2v) is 5.75. The molecule has 1 aromatic carbocycles. The lowest BCUT2D eigenvalue weighted by molar-refractivity contribution is 0.385. The SMILES string of the molecule is CCCNC1CCC(c2cc(OC)cc(OC)c2)C1C. The van der Waals surface area contributed by atoms with Crippen LogP contribution in [-0.2, 0) is 0 Å². The van der Waals surface area contributed by atoms with E-state index in [1.807, 2.05) is 6.07 Å². The normalized spacial score (nSPS) is 25.7. The Hall–Kier alpha value is -1.22. The molecule has 112 valence electrons. The van der Waals surface area contributed by atoms with Gasteiger partial charge in [0.2, 0.25) is 0 Å². The molecule has 1 aliphatic rings. The third-order valence-electron chi connectivity index (χ3n) is 4.52. The van der Waals surface area contributed by atoms with Crippen molar-refractivity contribution < 1.29 is 9.47 Å². The molecule has 1 N–H and O–H groups in total. The van der Waals surface area contributed by atoms with Gasteiger partial charge in [-0.05, 0) is 55.3 Å². The number of ether oxygens (including phenoxy) is 2. The van der Waals surface area contributed by atoms with Crippen LogP contribution >= 0.6 is 0 Å². The molecule has 0 bridgehead atoms. The van der Waals surface area contributed by atoms with Crippen LogP contribution in [0.15, 0.2) is 18.2 Å². The van der Waals surface area contributed by atoms with Gasteiger partial charge in [-0.25, -0.2) is 0 Å². The van der Waals surface area contributed by atoms with E-state index in [2.05, 4.69) is 31.3 Å². The summed E-state index contributed by atoms with van der Waals surface area (Å²) >= 11 is 0. The van der Waals surface area contributed by atoms with Gasteiger partial charge in [-0.1, -0.05) is 13.8 Å². The Bertz CT molecular complexity index is 411. The number of hydrogen-bond acceptors (Lipinski definition) is 3. The van der Waals surface area contributed by atoms with Crippen molar-refractivity contribution >= 4 is 0 Å². The molecule has 0 spiro atoms. The Morgan fingerprint density at radius 2 is 1.75 bits per heavy atom. The van der Waals surface area contributed by atoms with E-state index in [0.29, 0.717) is 17.9 Å². The Morgan fingerprint density at radius 1 is 1.10 bits per heavy atom. The van der Waals surface area contributed by atoms with Crippen molar-refractivity contribution in [2.75, 3.05) is 20.8 Å². The fraction of sp³-hybridized carbons (Fsp3) is 0.647. The molecule has 0 aliphatic heterocycles. The molecule has 0 amide bonds. The first-order valence-electron chi connectivity index (χ1n) is 7.66. The minimum absolute atomic E-state index is 0.591. The van der Waals surface area contributed by atoms with E-state index in [1.165, 1.54) is 24.8 Å². The molecule has 3 unspecified atom stereocenters. The minimum atomic E-state index is 0.591. The Labute approximate surface area is 122 Å². The first-order chi connectivity index (χ1) is 9.69. The average molecular weight is 277 g/mol.